The van der Waals surface area contributed by atoms with Crippen LogP contribution in [-0.2, 0) is 10.0 Å². The van der Waals surface area contributed by atoms with Crippen molar-refractivity contribution in [1.29, 1.82) is 0 Å². The fraction of sp³-hybridized carbons (Fsp3) is 0.583. The molecule has 0 aromatic carbocycles. The van der Waals surface area contributed by atoms with Gasteiger partial charge in [-0.05, 0) is 25.8 Å². The molecule has 6 heteroatoms. The molecule has 0 amide bonds. The van der Waals surface area contributed by atoms with Gasteiger partial charge in [0.25, 0.3) is 0 Å². The van der Waals surface area contributed by atoms with Crippen molar-refractivity contribution >= 4 is 21.6 Å². The quantitative estimate of drug-likeness (QED) is 0.930. The molecule has 0 radical (unpaired) electrons. The summed E-state index contributed by atoms with van der Waals surface area (Å²) < 4.78 is 27.4. The van der Waals surface area contributed by atoms with Gasteiger partial charge in [0.05, 0.1) is 5.02 Å². The number of hydrogen-bond donors (Lipinski definition) is 1. The Bertz CT molecular complexity index is 525. The zero-order chi connectivity index (χ0) is 13.2. The van der Waals surface area contributed by atoms with Crippen molar-refractivity contribution in [2.75, 3.05) is 0 Å². The maximum atomic E-state index is 12.3. The summed E-state index contributed by atoms with van der Waals surface area (Å²) in [4.78, 5) is 3.88. The summed E-state index contributed by atoms with van der Waals surface area (Å²) in [5.41, 5.74) is -0.365. The lowest BCUT2D eigenvalue weighted by molar-refractivity contribution is 0.294. The maximum absolute atomic E-state index is 12.3. The monoisotopic (exact) mass is 288 g/mol. The highest BCUT2D eigenvalue weighted by Gasteiger charge is 2.32. The van der Waals surface area contributed by atoms with Crippen LogP contribution >= 0.6 is 11.6 Å². The van der Waals surface area contributed by atoms with Crippen LogP contribution in [0.3, 0.4) is 0 Å². The van der Waals surface area contributed by atoms with Crippen molar-refractivity contribution in [3.8, 4) is 0 Å². The molecule has 1 N–H and O–H groups in total. The van der Waals surface area contributed by atoms with E-state index in [9.17, 15) is 8.42 Å². The predicted octanol–water partition coefficient (Wildman–Crippen LogP) is 2.74. The van der Waals surface area contributed by atoms with E-state index in [1.54, 1.807) is 0 Å². The fourth-order valence-corrected chi connectivity index (χ4v) is 4.27. The third-order valence-electron chi connectivity index (χ3n) is 3.36. The molecule has 1 aliphatic carbocycles. The van der Waals surface area contributed by atoms with Crippen LogP contribution in [0.25, 0.3) is 0 Å². The van der Waals surface area contributed by atoms with E-state index < -0.39 is 10.0 Å². The van der Waals surface area contributed by atoms with Gasteiger partial charge in [-0.3, -0.25) is 4.98 Å². The molecule has 0 unspecified atom stereocenters. The lowest BCUT2D eigenvalue weighted by Gasteiger charge is -2.34. The Kier molecular flexibility index (Phi) is 3.94. The molecule has 1 aromatic rings. The smallest absolute Gasteiger partial charge is 0.244 e. The first-order valence-corrected chi connectivity index (χ1v) is 7.93. The molecule has 1 aliphatic rings. The number of halogens is 1. The first-order valence-electron chi connectivity index (χ1n) is 6.06. The number of sulfonamides is 1. The Balaban J connectivity index is 2.25. The van der Waals surface area contributed by atoms with Crippen molar-refractivity contribution in [1.82, 2.24) is 9.71 Å². The minimum atomic E-state index is -3.59. The highest BCUT2D eigenvalue weighted by molar-refractivity contribution is 7.89. The van der Waals surface area contributed by atoms with Crippen LogP contribution in [-0.4, -0.2) is 18.9 Å². The van der Waals surface area contributed by atoms with E-state index in [1.165, 1.54) is 24.9 Å². The van der Waals surface area contributed by atoms with Gasteiger partial charge in [-0.25, -0.2) is 13.1 Å². The number of pyridine rings is 1. The van der Waals surface area contributed by atoms with Gasteiger partial charge < -0.3 is 0 Å². The molecule has 4 nitrogen and oxygen atoms in total. The average molecular weight is 289 g/mol. The van der Waals surface area contributed by atoms with Gasteiger partial charge in [0.15, 0.2) is 0 Å². The van der Waals surface area contributed by atoms with Crippen LogP contribution in [0.5, 0.6) is 0 Å². The van der Waals surface area contributed by atoms with Gasteiger partial charge in [0.1, 0.15) is 4.90 Å². The largest absolute Gasteiger partial charge is 0.263 e. The van der Waals surface area contributed by atoms with Gasteiger partial charge >= 0.3 is 0 Å². The van der Waals surface area contributed by atoms with Gasteiger partial charge in [-0.2, -0.15) is 0 Å². The molecular weight excluding hydrogens is 272 g/mol. The second-order valence-corrected chi connectivity index (χ2v) is 7.09. The lowest BCUT2D eigenvalue weighted by atomic mass is 9.84. The van der Waals surface area contributed by atoms with Crippen molar-refractivity contribution in [2.24, 2.45) is 0 Å². The van der Waals surface area contributed by atoms with Gasteiger partial charge in [-0.1, -0.05) is 30.9 Å². The summed E-state index contributed by atoms with van der Waals surface area (Å²) in [5.74, 6) is 0. The van der Waals surface area contributed by atoms with E-state index in [-0.39, 0.29) is 15.5 Å². The van der Waals surface area contributed by atoms with Crippen LogP contribution in [0.1, 0.15) is 39.0 Å². The van der Waals surface area contributed by atoms with Crippen molar-refractivity contribution < 1.29 is 8.42 Å². The van der Waals surface area contributed by atoms with Crippen LogP contribution in [0.15, 0.2) is 23.4 Å². The molecule has 0 bridgehead atoms. The van der Waals surface area contributed by atoms with Crippen molar-refractivity contribution in [3.63, 3.8) is 0 Å². The molecule has 100 valence electrons. The summed E-state index contributed by atoms with van der Waals surface area (Å²) >= 11 is 5.91. The summed E-state index contributed by atoms with van der Waals surface area (Å²) in [6.45, 7) is 1.95. The van der Waals surface area contributed by atoms with Crippen LogP contribution in [0, 0.1) is 0 Å². The first kappa shape index (κ1) is 13.8. The fourth-order valence-electron chi connectivity index (χ4n) is 2.37. The minimum absolute atomic E-state index is 0.0541. The molecule has 0 spiro atoms. The molecule has 0 atom stereocenters. The Morgan fingerprint density at radius 3 is 2.61 bits per heavy atom. The third kappa shape index (κ3) is 3.02. The van der Waals surface area contributed by atoms with E-state index >= 15 is 0 Å². The highest BCUT2D eigenvalue weighted by atomic mass is 35.5. The predicted molar refractivity (Wildman–Crippen MR) is 71.1 cm³/mol. The molecule has 1 fully saturated rings. The average Bonchev–Trinajstić information content (AvgIpc) is 2.28. The number of nitrogens with one attached hydrogen (secondary N) is 1. The molecule has 1 heterocycles. The van der Waals surface area contributed by atoms with E-state index in [4.69, 9.17) is 11.6 Å². The summed E-state index contributed by atoms with van der Waals surface area (Å²) in [6.07, 6.45) is 7.78. The summed E-state index contributed by atoms with van der Waals surface area (Å²) in [7, 11) is -3.59. The lowest BCUT2D eigenvalue weighted by Crippen LogP contribution is -2.47. The summed E-state index contributed by atoms with van der Waals surface area (Å²) in [5, 5.41) is 0.205. The molecule has 0 saturated heterocycles. The molecular formula is C12H17ClN2O2S. The van der Waals surface area contributed by atoms with Gasteiger partial charge in [0, 0.05) is 17.9 Å². The number of nitrogens with zero attached hydrogens (tertiary/aromatic N) is 1. The van der Waals surface area contributed by atoms with E-state index in [0.717, 1.165) is 25.7 Å². The Hall–Kier alpha value is -0.650. The van der Waals surface area contributed by atoms with Gasteiger partial charge in [0.2, 0.25) is 10.0 Å². The van der Waals surface area contributed by atoms with E-state index in [1.807, 2.05) is 6.92 Å². The van der Waals surface area contributed by atoms with Crippen LogP contribution < -0.4 is 4.72 Å². The standard InChI is InChI=1S/C12H17ClN2O2S/c1-12(6-3-2-4-7-12)15-18(16,17)11-9-14-8-5-10(11)13/h5,8-9,15H,2-4,6-7H2,1H3. The Labute approximate surface area is 113 Å². The van der Waals surface area contributed by atoms with Crippen LogP contribution in [0.2, 0.25) is 5.02 Å². The minimum Gasteiger partial charge on any atom is -0.263 e. The first-order chi connectivity index (χ1) is 8.43. The van der Waals surface area contributed by atoms with Crippen molar-refractivity contribution in [2.45, 2.75) is 49.5 Å². The Morgan fingerprint density at radius 2 is 2.00 bits per heavy atom. The highest BCUT2D eigenvalue weighted by Crippen LogP contribution is 2.30. The molecule has 0 aliphatic heterocycles. The number of rotatable bonds is 3. The molecule has 1 saturated carbocycles. The second kappa shape index (κ2) is 5.15. The van der Waals surface area contributed by atoms with E-state index in [2.05, 4.69) is 9.71 Å². The van der Waals surface area contributed by atoms with Crippen LogP contribution in [0.4, 0.5) is 0 Å². The topological polar surface area (TPSA) is 59.1 Å². The normalized spacial score (nSPS) is 19.7. The molecule has 18 heavy (non-hydrogen) atoms. The van der Waals surface area contributed by atoms with Crippen molar-refractivity contribution in [3.05, 3.63) is 23.5 Å². The van der Waals surface area contributed by atoms with Gasteiger partial charge in [-0.15, -0.1) is 0 Å². The zero-order valence-corrected chi connectivity index (χ0v) is 11.9. The number of aromatic nitrogens is 1. The SMILES string of the molecule is CC1(NS(=O)(=O)c2cnccc2Cl)CCCCC1. The molecule has 1 aromatic heterocycles. The zero-order valence-electron chi connectivity index (χ0n) is 10.3. The van der Waals surface area contributed by atoms with E-state index in [0.29, 0.717) is 0 Å². The second-order valence-electron chi connectivity index (χ2n) is 5.03. The maximum Gasteiger partial charge on any atom is 0.244 e. The Morgan fingerprint density at radius 1 is 1.33 bits per heavy atom. The number of hydrogen-bond acceptors (Lipinski definition) is 3. The third-order valence-corrected chi connectivity index (χ3v) is 5.47. The summed E-state index contributed by atoms with van der Waals surface area (Å²) in [6, 6.07) is 1.49. The molecule has 2 rings (SSSR count).